The van der Waals surface area contributed by atoms with Gasteiger partial charge in [0, 0.05) is 15.1 Å². The van der Waals surface area contributed by atoms with Crippen molar-refractivity contribution in [2.24, 2.45) is 11.3 Å². The molecular weight excluding hydrogens is 350 g/mol. The van der Waals surface area contributed by atoms with Crippen LogP contribution < -0.4 is 0 Å². The van der Waals surface area contributed by atoms with Gasteiger partial charge in [-0.25, -0.2) is 0 Å². The van der Waals surface area contributed by atoms with Crippen molar-refractivity contribution in [1.82, 2.24) is 0 Å². The van der Waals surface area contributed by atoms with Gasteiger partial charge in [0.1, 0.15) is 0 Å². The molecule has 1 atom stereocenters. The summed E-state index contributed by atoms with van der Waals surface area (Å²) in [6, 6.07) is 7.83. The SMILES string of the molecule is CCCC1CCC(C#N)(C(O)c2cc(Br)ccc2Cl)CC1. The van der Waals surface area contributed by atoms with Crippen molar-refractivity contribution in [3.63, 3.8) is 0 Å². The summed E-state index contributed by atoms with van der Waals surface area (Å²) >= 11 is 9.62. The quantitative estimate of drug-likeness (QED) is 0.745. The van der Waals surface area contributed by atoms with Crippen molar-refractivity contribution < 1.29 is 5.11 Å². The zero-order chi connectivity index (χ0) is 15.5. The topological polar surface area (TPSA) is 44.0 Å². The molecule has 1 unspecified atom stereocenters. The molecule has 2 nitrogen and oxygen atoms in total. The molecule has 0 aromatic heterocycles. The lowest BCUT2D eigenvalue weighted by molar-refractivity contribution is 0.0237. The number of hydrogen-bond donors (Lipinski definition) is 1. The molecule has 4 heteroatoms. The Bertz CT molecular complexity index is 532. The molecule has 0 heterocycles. The first-order valence-electron chi connectivity index (χ1n) is 7.56. The van der Waals surface area contributed by atoms with Gasteiger partial charge in [-0.3, -0.25) is 0 Å². The molecule has 1 saturated carbocycles. The third-order valence-electron chi connectivity index (χ3n) is 4.69. The van der Waals surface area contributed by atoms with Crippen LogP contribution in [0.2, 0.25) is 5.02 Å². The smallest absolute Gasteiger partial charge is 0.0991 e. The van der Waals surface area contributed by atoms with E-state index in [2.05, 4.69) is 28.9 Å². The van der Waals surface area contributed by atoms with Crippen LogP contribution in [0.5, 0.6) is 0 Å². The Morgan fingerprint density at radius 3 is 2.71 bits per heavy atom. The number of nitriles is 1. The van der Waals surface area contributed by atoms with Crippen LogP contribution in [0.1, 0.15) is 57.1 Å². The van der Waals surface area contributed by atoms with Gasteiger partial charge in [-0.05, 0) is 49.8 Å². The van der Waals surface area contributed by atoms with Crippen molar-refractivity contribution >= 4 is 27.5 Å². The van der Waals surface area contributed by atoms with Gasteiger partial charge in [0.2, 0.25) is 0 Å². The van der Waals surface area contributed by atoms with E-state index in [1.54, 1.807) is 6.07 Å². The van der Waals surface area contributed by atoms with Crippen molar-refractivity contribution in [3.05, 3.63) is 33.3 Å². The maximum Gasteiger partial charge on any atom is 0.0991 e. The standard InChI is InChI=1S/C17H21BrClNO/c1-2-3-12-6-8-17(11-20,9-7-12)16(21)14-10-13(18)4-5-15(14)19/h4-5,10,12,16,21H,2-3,6-9H2,1H3. The molecule has 0 amide bonds. The number of rotatable bonds is 4. The monoisotopic (exact) mass is 369 g/mol. The Kier molecular flexibility index (Phi) is 5.71. The lowest BCUT2D eigenvalue weighted by atomic mass is 9.66. The van der Waals surface area contributed by atoms with E-state index < -0.39 is 11.5 Å². The Morgan fingerprint density at radius 2 is 2.14 bits per heavy atom. The lowest BCUT2D eigenvalue weighted by Crippen LogP contribution is -2.32. The molecule has 1 aliphatic carbocycles. The van der Waals surface area contributed by atoms with Crippen molar-refractivity contribution in [3.8, 4) is 6.07 Å². The van der Waals surface area contributed by atoms with Crippen LogP contribution in [0, 0.1) is 22.7 Å². The second kappa shape index (κ2) is 7.13. The fraction of sp³-hybridized carbons (Fsp3) is 0.588. The molecular formula is C17H21BrClNO. The second-order valence-electron chi connectivity index (χ2n) is 6.07. The Hall–Kier alpha value is -0.560. The maximum absolute atomic E-state index is 10.8. The molecule has 1 aromatic carbocycles. The largest absolute Gasteiger partial charge is 0.387 e. The number of aliphatic hydroxyl groups is 1. The van der Waals surface area contributed by atoms with Gasteiger partial charge < -0.3 is 5.11 Å². The summed E-state index contributed by atoms with van der Waals surface area (Å²) in [5, 5.41) is 21.0. The van der Waals surface area contributed by atoms with E-state index in [1.807, 2.05) is 12.1 Å². The fourth-order valence-corrected chi connectivity index (χ4v) is 3.96. The first-order valence-corrected chi connectivity index (χ1v) is 8.74. The third kappa shape index (κ3) is 3.62. The molecule has 0 saturated heterocycles. The Balaban J connectivity index is 2.22. The molecule has 114 valence electrons. The summed E-state index contributed by atoms with van der Waals surface area (Å²) in [4.78, 5) is 0. The van der Waals surface area contributed by atoms with Crippen molar-refractivity contribution in [2.45, 2.75) is 51.6 Å². The van der Waals surface area contributed by atoms with Crippen molar-refractivity contribution in [2.75, 3.05) is 0 Å². The van der Waals surface area contributed by atoms with Gasteiger partial charge in [0.05, 0.1) is 17.6 Å². The van der Waals surface area contributed by atoms with Crippen molar-refractivity contribution in [1.29, 1.82) is 5.26 Å². The molecule has 0 bridgehead atoms. The van der Waals surface area contributed by atoms with Gasteiger partial charge in [0.25, 0.3) is 0 Å². The van der Waals surface area contributed by atoms with Crippen LogP contribution in [0.4, 0.5) is 0 Å². The highest BCUT2D eigenvalue weighted by molar-refractivity contribution is 9.10. The second-order valence-corrected chi connectivity index (χ2v) is 7.39. The number of nitrogens with zero attached hydrogens (tertiary/aromatic N) is 1. The van der Waals surface area contributed by atoms with Crippen LogP contribution in [-0.4, -0.2) is 5.11 Å². The highest BCUT2D eigenvalue weighted by atomic mass is 79.9. The predicted octanol–water partition coefficient (Wildman–Crippen LogP) is 5.64. The van der Waals surface area contributed by atoms with Gasteiger partial charge in [-0.1, -0.05) is 47.3 Å². The van der Waals surface area contributed by atoms with Crippen LogP contribution in [-0.2, 0) is 0 Å². The Morgan fingerprint density at radius 1 is 1.48 bits per heavy atom. The molecule has 0 spiro atoms. The molecule has 1 aliphatic rings. The zero-order valence-electron chi connectivity index (χ0n) is 12.3. The number of hydrogen-bond acceptors (Lipinski definition) is 2. The van der Waals surface area contributed by atoms with Gasteiger partial charge in [-0.2, -0.15) is 5.26 Å². The molecule has 1 fully saturated rings. The average molecular weight is 371 g/mol. The summed E-state index contributed by atoms with van der Waals surface area (Å²) in [5.41, 5.74) is -0.0455. The molecule has 1 N–H and O–H groups in total. The first-order chi connectivity index (χ1) is 10.0. The van der Waals surface area contributed by atoms with E-state index in [4.69, 9.17) is 11.6 Å². The van der Waals surface area contributed by atoms with E-state index in [-0.39, 0.29) is 0 Å². The molecule has 21 heavy (non-hydrogen) atoms. The maximum atomic E-state index is 10.8. The average Bonchev–Trinajstić information content (AvgIpc) is 2.50. The molecule has 1 aromatic rings. The number of benzene rings is 1. The molecule has 0 radical (unpaired) electrons. The fourth-order valence-electron chi connectivity index (χ4n) is 3.36. The normalized spacial score (nSPS) is 27.1. The van der Waals surface area contributed by atoms with Crippen LogP contribution in [0.15, 0.2) is 22.7 Å². The van der Waals surface area contributed by atoms with Crippen LogP contribution in [0.25, 0.3) is 0 Å². The van der Waals surface area contributed by atoms with E-state index in [0.717, 1.165) is 30.2 Å². The van der Waals surface area contributed by atoms with E-state index >= 15 is 0 Å². The Labute approximate surface area is 140 Å². The summed E-state index contributed by atoms with van der Waals surface area (Å²) < 4.78 is 0.869. The minimum absolute atomic E-state index is 0.524. The summed E-state index contributed by atoms with van der Waals surface area (Å²) in [6.07, 6.45) is 5.11. The van der Waals surface area contributed by atoms with Crippen LogP contribution in [0.3, 0.4) is 0 Å². The summed E-state index contributed by atoms with van der Waals surface area (Å²) in [6.45, 7) is 2.20. The summed E-state index contributed by atoms with van der Waals surface area (Å²) in [7, 11) is 0. The minimum Gasteiger partial charge on any atom is -0.387 e. The minimum atomic E-state index is -0.824. The van der Waals surface area contributed by atoms with Gasteiger partial charge >= 0.3 is 0 Å². The van der Waals surface area contributed by atoms with Gasteiger partial charge in [-0.15, -0.1) is 0 Å². The lowest BCUT2D eigenvalue weighted by Gasteiger charge is -2.38. The van der Waals surface area contributed by atoms with E-state index in [0.29, 0.717) is 16.5 Å². The van der Waals surface area contributed by atoms with Gasteiger partial charge in [0.15, 0.2) is 0 Å². The molecule has 2 rings (SSSR count). The highest BCUT2D eigenvalue weighted by Gasteiger charge is 2.42. The van der Waals surface area contributed by atoms with E-state index in [1.165, 1.54) is 12.8 Å². The zero-order valence-corrected chi connectivity index (χ0v) is 14.6. The third-order valence-corrected chi connectivity index (χ3v) is 5.53. The number of aliphatic hydroxyl groups excluding tert-OH is 1. The van der Waals surface area contributed by atoms with Crippen LogP contribution >= 0.6 is 27.5 Å². The first kappa shape index (κ1) is 16.8. The predicted molar refractivity (Wildman–Crippen MR) is 89.0 cm³/mol. The number of halogens is 2. The van der Waals surface area contributed by atoms with E-state index in [9.17, 15) is 10.4 Å². The highest BCUT2D eigenvalue weighted by Crippen LogP contribution is 2.49. The summed E-state index contributed by atoms with van der Waals surface area (Å²) in [5.74, 6) is 0.696. The molecule has 0 aliphatic heterocycles.